The maximum absolute atomic E-state index is 4.15. The van der Waals surface area contributed by atoms with Crippen LogP contribution in [-0.2, 0) is 13.6 Å². The minimum absolute atomic E-state index is 0.704. The molecule has 1 aliphatic rings. The fourth-order valence-corrected chi connectivity index (χ4v) is 1.53. The van der Waals surface area contributed by atoms with Crippen molar-refractivity contribution in [3.05, 3.63) is 18.0 Å². The average Bonchev–Trinajstić information content (AvgIpc) is 2.32. The van der Waals surface area contributed by atoms with Crippen LogP contribution in [0.5, 0.6) is 0 Å². The molecule has 0 amide bonds. The van der Waals surface area contributed by atoms with Crippen molar-refractivity contribution in [1.29, 1.82) is 0 Å². The first-order valence-corrected chi connectivity index (χ1v) is 4.65. The second-order valence-electron chi connectivity index (χ2n) is 3.67. The fourth-order valence-electron chi connectivity index (χ4n) is 1.53. The molecule has 0 radical (unpaired) electrons. The van der Waals surface area contributed by atoms with Gasteiger partial charge >= 0.3 is 0 Å². The summed E-state index contributed by atoms with van der Waals surface area (Å²) in [4.78, 5) is 2.37. The molecule has 0 saturated carbocycles. The highest BCUT2D eigenvalue weighted by Crippen LogP contribution is 2.07. The molecule has 0 atom stereocenters. The lowest BCUT2D eigenvalue weighted by Crippen LogP contribution is -2.55. The smallest absolute Gasteiger partial charge is 0.0521 e. The van der Waals surface area contributed by atoms with Gasteiger partial charge in [0.25, 0.3) is 0 Å². The van der Waals surface area contributed by atoms with Crippen LogP contribution in [0.2, 0.25) is 0 Å². The van der Waals surface area contributed by atoms with E-state index in [0.717, 1.165) is 19.6 Å². The summed E-state index contributed by atoms with van der Waals surface area (Å²) in [6.45, 7) is 3.23. The van der Waals surface area contributed by atoms with Gasteiger partial charge in [0.15, 0.2) is 0 Å². The molecule has 0 aliphatic carbocycles. The van der Waals surface area contributed by atoms with E-state index in [2.05, 4.69) is 28.4 Å². The molecule has 1 aromatic heterocycles. The van der Waals surface area contributed by atoms with E-state index in [4.69, 9.17) is 0 Å². The van der Waals surface area contributed by atoms with Crippen molar-refractivity contribution in [2.75, 3.05) is 20.1 Å². The highest BCUT2D eigenvalue weighted by Gasteiger charge is 2.21. The first-order chi connectivity index (χ1) is 6.27. The van der Waals surface area contributed by atoms with Crippen LogP contribution in [0.25, 0.3) is 0 Å². The van der Waals surface area contributed by atoms with E-state index < -0.39 is 0 Å². The molecule has 4 heteroatoms. The van der Waals surface area contributed by atoms with Gasteiger partial charge in [0, 0.05) is 38.9 Å². The Hall–Kier alpha value is -0.870. The largest absolute Gasteiger partial charge is 0.314 e. The summed E-state index contributed by atoms with van der Waals surface area (Å²) < 4.78 is 1.93. The van der Waals surface area contributed by atoms with Crippen molar-refractivity contribution in [2.45, 2.75) is 12.6 Å². The van der Waals surface area contributed by atoms with Gasteiger partial charge in [0.05, 0.1) is 5.69 Å². The highest BCUT2D eigenvalue weighted by atomic mass is 15.3. The molecular formula is C9H16N4. The van der Waals surface area contributed by atoms with Gasteiger partial charge < -0.3 is 5.32 Å². The average molecular weight is 180 g/mol. The Labute approximate surface area is 78.5 Å². The van der Waals surface area contributed by atoms with Crippen LogP contribution >= 0.6 is 0 Å². The van der Waals surface area contributed by atoms with Crippen molar-refractivity contribution in [3.63, 3.8) is 0 Å². The van der Waals surface area contributed by atoms with Gasteiger partial charge in [-0.25, -0.2) is 0 Å². The number of rotatable bonds is 3. The lowest BCUT2D eigenvalue weighted by Gasteiger charge is -2.35. The van der Waals surface area contributed by atoms with E-state index in [1.165, 1.54) is 5.69 Å². The standard InChI is InChI=1S/C9H16N4/c1-12(9-5-10-6-9)7-8-3-4-11-13(8)2/h3-4,9-10H,5-7H2,1-2H3. The molecule has 0 aromatic carbocycles. The van der Waals surface area contributed by atoms with Gasteiger partial charge in [0.2, 0.25) is 0 Å². The molecule has 1 aromatic rings. The normalized spacial score (nSPS) is 17.8. The fraction of sp³-hybridized carbons (Fsp3) is 0.667. The zero-order valence-corrected chi connectivity index (χ0v) is 8.20. The minimum atomic E-state index is 0.704. The van der Waals surface area contributed by atoms with E-state index in [0.29, 0.717) is 6.04 Å². The Kier molecular flexibility index (Phi) is 2.33. The molecule has 0 unspecified atom stereocenters. The molecule has 2 heterocycles. The molecule has 1 saturated heterocycles. The van der Waals surface area contributed by atoms with Crippen molar-refractivity contribution in [2.24, 2.45) is 7.05 Å². The third-order valence-electron chi connectivity index (χ3n) is 2.72. The van der Waals surface area contributed by atoms with E-state index >= 15 is 0 Å². The number of nitrogens with one attached hydrogen (secondary N) is 1. The maximum atomic E-state index is 4.15. The number of aryl methyl sites for hydroxylation is 1. The van der Waals surface area contributed by atoms with Gasteiger partial charge in [-0.05, 0) is 13.1 Å². The third-order valence-corrected chi connectivity index (χ3v) is 2.72. The Bertz CT molecular complexity index is 277. The molecule has 1 fully saturated rings. The zero-order chi connectivity index (χ0) is 9.26. The summed E-state index contributed by atoms with van der Waals surface area (Å²) in [5.41, 5.74) is 1.27. The van der Waals surface area contributed by atoms with Crippen molar-refractivity contribution in [1.82, 2.24) is 20.0 Å². The second-order valence-corrected chi connectivity index (χ2v) is 3.67. The van der Waals surface area contributed by atoms with Crippen LogP contribution in [0.4, 0.5) is 0 Å². The second kappa shape index (κ2) is 3.47. The third kappa shape index (κ3) is 1.73. The number of nitrogens with zero attached hydrogens (tertiary/aromatic N) is 3. The van der Waals surface area contributed by atoms with Crippen LogP contribution < -0.4 is 5.32 Å². The first kappa shape index (κ1) is 8.72. The van der Waals surface area contributed by atoms with Crippen LogP contribution in [0.3, 0.4) is 0 Å². The summed E-state index contributed by atoms with van der Waals surface area (Å²) in [7, 11) is 4.15. The maximum Gasteiger partial charge on any atom is 0.0521 e. The zero-order valence-electron chi connectivity index (χ0n) is 8.20. The molecule has 4 nitrogen and oxygen atoms in total. The quantitative estimate of drug-likeness (QED) is 0.700. The van der Waals surface area contributed by atoms with Crippen LogP contribution in [0, 0.1) is 0 Å². The van der Waals surface area contributed by atoms with Crippen LogP contribution in [-0.4, -0.2) is 40.9 Å². The lowest BCUT2D eigenvalue weighted by atomic mass is 10.1. The van der Waals surface area contributed by atoms with Gasteiger partial charge in [0.1, 0.15) is 0 Å². The minimum Gasteiger partial charge on any atom is -0.314 e. The van der Waals surface area contributed by atoms with E-state index in [9.17, 15) is 0 Å². The van der Waals surface area contributed by atoms with Crippen molar-refractivity contribution >= 4 is 0 Å². The molecule has 13 heavy (non-hydrogen) atoms. The Balaban J connectivity index is 1.93. The first-order valence-electron chi connectivity index (χ1n) is 4.65. The summed E-state index contributed by atoms with van der Waals surface area (Å²) in [6.07, 6.45) is 1.85. The number of hydrogen-bond acceptors (Lipinski definition) is 3. The molecule has 2 rings (SSSR count). The monoisotopic (exact) mass is 180 g/mol. The molecular weight excluding hydrogens is 164 g/mol. The van der Waals surface area contributed by atoms with Gasteiger partial charge in [-0.2, -0.15) is 5.10 Å². The van der Waals surface area contributed by atoms with Crippen molar-refractivity contribution in [3.8, 4) is 0 Å². The SMILES string of the molecule is CN(Cc1ccnn1C)C1CNC1. The van der Waals surface area contributed by atoms with Gasteiger partial charge in [-0.15, -0.1) is 0 Å². The van der Waals surface area contributed by atoms with E-state index in [1.807, 2.05) is 17.9 Å². The summed E-state index contributed by atoms with van der Waals surface area (Å²) in [6, 6.07) is 2.78. The Morgan fingerprint density at radius 2 is 2.46 bits per heavy atom. The summed E-state index contributed by atoms with van der Waals surface area (Å²) >= 11 is 0. The number of likely N-dealkylation sites (N-methyl/N-ethyl adjacent to an activating group) is 1. The Morgan fingerprint density at radius 3 is 2.92 bits per heavy atom. The molecule has 1 aliphatic heterocycles. The van der Waals surface area contributed by atoms with Crippen LogP contribution in [0.1, 0.15) is 5.69 Å². The highest BCUT2D eigenvalue weighted by molar-refractivity contribution is 5.00. The van der Waals surface area contributed by atoms with Crippen LogP contribution in [0.15, 0.2) is 12.3 Å². The van der Waals surface area contributed by atoms with Crippen molar-refractivity contribution < 1.29 is 0 Å². The number of hydrogen-bond donors (Lipinski definition) is 1. The number of aromatic nitrogens is 2. The topological polar surface area (TPSA) is 33.1 Å². The molecule has 0 spiro atoms. The summed E-state index contributed by atoms with van der Waals surface area (Å²) in [5, 5.41) is 7.42. The predicted molar refractivity (Wildman–Crippen MR) is 51.3 cm³/mol. The molecule has 0 bridgehead atoms. The predicted octanol–water partition coefficient (Wildman–Crippen LogP) is -0.176. The van der Waals surface area contributed by atoms with Gasteiger partial charge in [-0.1, -0.05) is 0 Å². The molecule has 72 valence electrons. The van der Waals surface area contributed by atoms with E-state index in [-0.39, 0.29) is 0 Å². The summed E-state index contributed by atoms with van der Waals surface area (Å²) in [5.74, 6) is 0. The van der Waals surface area contributed by atoms with E-state index in [1.54, 1.807) is 0 Å². The Morgan fingerprint density at radius 1 is 1.69 bits per heavy atom. The lowest BCUT2D eigenvalue weighted by molar-refractivity contribution is 0.169. The van der Waals surface area contributed by atoms with Gasteiger partial charge in [-0.3, -0.25) is 9.58 Å². The molecule has 1 N–H and O–H groups in total.